The summed E-state index contributed by atoms with van der Waals surface area (Å²) in [6.07, 6.45) is -0.0688. The zero-order chi connectivity index (χ0) is 19.2. The molecule has 3 rings (SSSR count). The molecule has 1 atom stereocenters. The molecule has 144 valence electrons. The highest BCUT2D eigenvalue weighted by Gasteiger charge is 2.23. The SMILES string of the molecule is COc1cc(NC(=O)CN2CCOC(c3ccc(Cl)cc3)C2)cc(OC)c1. The number of carbonyl (C=O) groups excluding carboxylic acids is 1. The number of hydrogen-bond donors (Lipinski definition) is 1. The van der Waals surface area contributed by atoms with Crippen LogP contribution in [0.25, 0.3) is 0 Å². The largest absolute Gasteiger partial charge is 0.497 e. The highest BCUT2D eigenvalue weighted by atomic mass is 35.5. The van der Waals surface area contributed by atoms with Gasteiger partial charge in [0.25, 0.3) is 0 Å². The van der Waals surface area contributed by atoms with Crippen molar-refractivity contribution in [3.63, 3.8) is 0 Å². The Balaban J connectivity index is 1.59. The summed E-state index contributed by atoms with van der Waals surface area (Å²) in [7, 11) is 3.15. The Morgan fingerprint density at radius 1 is 1.19 bits per heavy atom. The number of benzene rings is 2. The van der Waals surface area contributed by atoms with E-state index in [0.29, 0.717) is 41.9 Å². The molecule has 1 amide bonds. The lowest BCUT2D eigenvalue weighted by Crippen LogP contribution is -2.42. The van der Waals surface area contributed by atoms with Crippen molar-refractivity contribution in [2.45, 2.75) is 6.10 Å². The summed E-state index contributed by atoms with van der Waals surface area (Å²) in [5, 5.41) is 3.60. The topological polar surface area (TPSA) is 60.0 Å². The standard InChI is InChI=1S/C20H23ClN2O4/c1-25-17-9-16(10-18(11-17)26-2)22-20(24)13-23-7-8-27-19(12-23)14-3-5-15(21)6-4-14/h3-6,9-11,19H,7-8,12-13H2,1-2H3,(H,22,24). The minimum atomic E-state index is -0.0953. The van der Waals surface area contributed by atoms with Crippen molar-refractivity contribution < 1.29 is 19.0 Å². The average Bonchev–Trinajstić information content (AvgIpc) is 2.68. The molecule has 1 aliphatic rings. The summed E-state index contributed by atoms with van der Waals surface area (Å²) in [5.41, 5.74) is 1.70. The lowest BCUT2D eigenvalue weighted by Gasteiger charge is -2.32. The fourth-order valence-corrected chi connectivity index (χ4v) is 3.13. The molecule has 1 saturated heterocycles. The molecular weight excluding hydrogens is 368 g/mol. The normalized spacial score (nSPS) is 17.4. The number of rotatable bonds is 6. The number of anilines is 1. The van der Waals surface area contributed by atoms with Gasteiger partial charge in [0, 0.05) is 42.0 Å². The van der Waals surface area contributed by atoms with Crippen LogP contribution >= 0.6 is 11.6 Å². The van der Waals surface area contributed by atoms with Gasteiger partial charge in [-0.25, -0.2) is 0 Å². The number of carbonyl (C=O) groups is 1. The van der Waals surface area contributed by atoms with Crippen LogP contribution in [0.15, 0.2) is 42.5 Å². The number of nitrogens with zero attached hydrogens (tertiary/aromatic N) is 1. The van der Waals surface area contributed by atoms with Gasteiger partial charge in [0.1, 0.15) is 11.5 Å². The Kier molecular flexibility index (Phi) is 6.55. The van der Waals surface area contributed by atoms with Gasteiger partial charge in [0.05, 0.1) is 33.5 Å². The maximum Gasteiger partial charge on any atom is 0.238 e. The van der Waals surface area contributed by atoms with Crippen molar-refractivity contribution in [3.8, 4) is 11.5 Å². The van der Waals surface area contributed by atoms with Crippen LogP contribution in [0.3, 0.4) is 0 Å². The Morgan fingerprint density at radius 2 is 1.85 bits per heavy atom. The summed E-state index contributed by atoms with van der Waals surface area (Å²) >= 11 is 5.95. The maximum atomic E-state index is 12.5. The third-order valence-corrected chi connectivity index (χ3v) is 4.65. The fourth-order valence-electron chi connectivity index (χ4n) is 3.01. The quantitative estimate of drug-likeness (QED) is 0.819. The van der Waals surface area contributed by atoms with Crippen LogP contribution < -0.4 is 14.8 Å². The second-order valence-corrected chi connectivity index (χ2v) is 6.73. The van der Waals surface area contributed by atoms with Crippen molar-refractivity contribution in [2.75, 3.05) is 45.8 Å². The number of halogens is 1. The van der Waals surface area contributed by atoms with E-state index in [9.17, 15) is 4.79 Å². The van der Waals surface area contributed by atoms with Crippen molar-refractivity contribution in [2.24, 2.45) is 0 Å². The molecular formula is C20H23ClN2O4. The molecule has 1 unspecified atom stereocenters. The van der Waals surface area contributed by atoms with Crippen LogP contribution in [0.1, 0.15) is 11.7 Å². The van der Waals surface area contributed by atoms with Crippen LogP contribution in [0.5, 0.6) is 11.5 Å². The molecule has 7 heteroatoms. The molecule has 0 spiro atoms. The van der Waals surface area contributed by atoms with Gasteiger partial charge in [-0.15, -0.1) is 0 Å². The highest BCUT2D eigenvalue weighted by Crippen LogP contribution is 2.26. The van der Waals surface area contributed by atoms with Crippen LogP contribution in [0.4, 0.5) is 5.69 Å². The monoisotopic (exact) mass is 390 g/mol. The average molecular weight is 391 g/mol. The predicted octanol–water partition coefficient (Wildman–Crippen LogP) is 3.37. The third-order valence-electron chi connectivity index (χ3n) is 4.39. The smallest absolute Gasteiger partial charge is 0.238 e. The van der Waals surface area contributed by atoms with Gasteiger partial charge >= 0.3 is 0 Å². The Morgan fingerprint density at radius 3 is 2.48 bits per heavy atom. The summed E-state index contributed by atoms with van der Waals surface area (Å²) in [4.78, 5) is 14.6. The molecule has 0 aliphatic carbocycles. The second kappa shape index (κ2) is 9.08. The zero-order valence-electron chi connectivity index (χ0n) is 15.4. The molecule has 0 aromatic heterocycles. The van der Waals surface area contributed by atoms with Crippen LogP contribution in [0, 0.1) is 0 Å². The molecule has 1 fully saturated rings. The molecule has 1 aliphatic heterocycles. The van der Waals surface area contributed by atoms with E-state index in [2.05, 4.69) is 10.2 Å². The second-order valence-electron chi connectivity index (χ2n) is 6.30. The first kappa shape index (κ1) is 19.5. The maximum absolute atomic E-state index is 12.5. The number of methoxy groups -OCH3 is 2. The van der Waals surface area contributed by atoms with Crippen LogP contribution in [-0.2, 0) is 9.53 Å². The molecule has 1 N–H and O–H groups in total. The number of ether oxygens (including phenoxy) is 3. The minimum Gasteiger partial charge on any atom is -0.497 e. The van der Waals surface area contributed by atoms with E-state index in [4.69, 9.17) is 25.8 Å². The van der Waals surface area contributed by atoms with E-state index < -0.39 is 0 Å². The van der Waals surface area contributed by atoms with E-state index in [-0.39, 0.29) is 18.6 Å². The van der Waals surface area contributed by atoms with Gasteiger partial charge in [-0.1, -0.05) is 23.7 Å². The molecule has 2 aromatic carbocycles. The van der Waals surface area contributed by atoms with Crippen molar-refractivity contribution in [1.82, 2.24) is 4.90 Å². The van der Waals surface area contributed by atoms with Crippen molar-refractivity contribution in [3.05, 3.63) is 53.1 Å². The predicted molar refractivity (Wildman–Crippen MR) is 105 cm³/mol. The number of nitrogens with one attached hydrogen (secondary N) is 1. The molecule has 2 aromatic rings. The van der Waals surface area contributed by atoms with Gasteiger partial charge in [-0.2, -0.15) is 0 Å². The molecule has 0 bridgehead atoms. The van der Waals surface area contributed by atoms with Gasteiger partial charge in [-0.3, -0.25) is 9.69 Å². The van der Waals surface area contributed by atoms with Gasteiger partial charge in [-0.05, 0) is 17.7 Å². The van der Waals surface area contributed by atoms with E-state index in [1.807, 2.05) is 24.3 Å². The molecule has 0 saturated carbocycles. The van der Waals surface area contributed by atoms with E-state index in [1.165, 1.54) is 0 Å². The summed E-state index contributed by atoms with van der Waals surface area (Å²) in [6.45, 7) is 2.22. The summed E-state index contributed by atoms with van der Waals surface area (Å²) in [6, 6.07) is 12.9. The third kappa shape index (κ3) is 5.35. The van der Waals surface area contributed by atoms with E-state index in [1.54, 1.807) is 32.4 Å². The Labute approximate surface area is 164 Å². The van der Waals surface area contributed by atoms with E-state index in [0.717, 1.165) is 5.56 Å². The fraction of sp³-hybridized carbons (Fsp3) is 0.350. The summed E-state index contributed by atoms with van der Waals surface area (Å²) < 4.78 is 16.3. The molecule has 27 heavy (non-hydrogen) atoms. The first-order chi connectivity index (χ1) is 13.1. The lowest BCUT2D eigenvalue weighted by atomic mass is 10.1. The number of morpholine rings is 1. The van der Waals surface area contributed by atoms with Crippen molar-refractivity contribution >= 4 is 23.2 Å². The molecule has 1 heterocycles. The Bertz CT molecular complexity index is 760. The highest BCUT2D eigenvalue weighted by molar-refractivity contribution is 6.30. The lowest BCUT2D eigenvalue weighted by molar-refractivity contribution is -0.119. The molecule has 0 radical (unpaired) electrons. The van der Waals surface area contributed by atoms with Gasteiger partial charge < -0.3 is 19.5 Å². The van der Waals surface area contributed by atoms with Gasteiger partial charge in [0.2, 0.25) is 5.91 Å². The first-order valence-electron chi connectivity index (χ1n) is 8.69. The van der Waals surface area contributed by atoms with Crippen LogP contribution in [-0.4, -0.2) is 51.3 Å². The van der Waals surface area contributed by atoms with E-state index >= 15 is 0 Å². The minimum absolute atomic E-state index is 0.0688. The number of hydrogen-bond acceptors (Lipinski definition) is 5. The van der Waals surface area contributed by atoms with Crippen LogP contribution in [0.2, 0.25) is 5.02 Å². The van der Waals surface area contributed by atoms with Gasteiger partial charge in [0.15, 0.2) is 0 Å². The molecule has 6 nitrogen and oxygen atoms in total. The Hall–Kier alpha value is -2.28. The number of amides is 1. The first-order valence-corrected chi connectivity index (χ1v) is 9.07. The van der Waals surface area contributed by atoms with Crippen molar-refractivity contribution in [1.29, 1.82) is 0 Å². The summed E-state index contributed by atoms with van der Waals surface area (Å²) in [5.74, 6) is 1.15. The zero-order valence-corrected chi connectivity index (χ0v) is 16.2.